The van der Waals surface area contributed by atoms with Crippen LogP contribution in [-0.2, 0) is 13.5 Å². The number of halogens is 1. The number of nitrogens with zero attached hydrogens (tertiary/aromatic N) is 2. The van der Waals surface area contributed by atoms with Gasteiger partial charge in [-0.25, -0.2) is 4.39 Å². The molecule has 0 spiro atoms. The lowest BCUT2D eigenvalue weighted by molar-refractivity contribution is 0.401. The Morgan fingerprint density at radius 2 is 2.24 bits per heavy atom. The van der Waals surface area contributed by atoms with Crippen LogP contribution in [0.3, 0.4) is 0 Å². The van der Waals surface area contributed by atoms with Crippen molar-refractivity contribution in [3.63, 3.8) is 0 Å². The van der Waals surface area contributed by atoms with E-state index in [4.69, 9.17) is 0 Å². The minimum absolute atomic E-state index is 0.154. The first kappa shape index (κ1) is 14.3. The van der Waals surface area contributed by atoms with Crippen molar-refractivity contribution in [1.29, 1.82) is 0 Å². The number of benzene rings is 1. The maximum absolute atomic E-state index is 13.6. The third-order valence-corrected chi connectivity index (χ3v) is 4.43. The second-order valence-electron chi connectivity index (χ2n) is 5.82. The van der Waals surface area contributed by atoms with E-state index in [0.717, 1.165) is 31.5 Å². The van der Waals surface area contributed by atoms with Crippen LogP contribution in [0.4, 0.5) is 4.39 Å². The fraction of sp³-hybridized carbons (Fsp3) is 0.471. The molecule has 1 saturated heterocycles. The van der Waals surface area contributed by atoms with Crippen LogP contribution in [0.2, 0.25) is 0 Å². The van der Waals surface area contributed by atoms with Crippen molar-refractivity contribution in [1.82, 2.24) is 15.1 Å². The van der Waals surface area contributed by atoms with Gasteiger partial charge in [-0.15, -0.1) is 0 Å². The minimum atomic E-state index is -0.154. The topological polar surface area (TPSA) is 29.9 Å². The molecule has 2 heterocycles. The van der Waals surface area contributed by atoms with E-state index >= 15 is 0 Å². The highest BCUT2D eigenvalue weighted by molar-refractivity contribution is 5.31. The second-order valence-corrected chi connectivity index (χ2v) is 5.82. The van der Waals surface area contributed by atoms with Crippen molar-refractivity contribution in [3.05, 3.63) is 53.1 Å². The average molecular weight is 287 g/mol. The average Bonchev–Trinajstić information content (AvgIpc) is 2.88. The number of hydrogen-bond donors (Lipinski definition) is 1. The number of aryl methyl sites for hydroxylation is 2. The van der Waals surface area contributed by atoms with Crippen LogP contribution in [0.5, 0.6) is 0 Å². The van der Waals surface area contributed by atoms with Crippen molar-refractivity contribution in [2.75, 3.05) is 13.1 Å². The number of aromatic nitrogens is 2. The van der Waals surface area contributed by atoms with E-state index in [1.54, 1.807) is 12.1 Å². The molecule has 4 heteroatoms. The Kier molecular flexibility index (Phi) is 4.06. The lowest BCUT2D eigenvalue weighted by atomic mass is 9.77. The first-order valence-electron chi connectivity index (χ1n) is 7.67. The Labute approximate surface area is 125 Å². The third-order valence-electron chi connectivity index (χ3n) is 4.43. The van der Waals surface area contributed by atoms with E-state index in [9.17, 15) is 4.39 Å². The van der Waals surface area contributed by atoms with Gasteiger partial charge >= 0.3 is 0 Å². The molecule has 1 aromatic carbocycles. The first-order chi connectivity index (χ1) is 10.2. The van der Waals surface area contributed by atoms with Crippen LogP contribution in [0.25, 0.3) is 0 Å². The largest absolute Gasteiger partial charge is 0.316 e. The quantitative estimate of drug-likeness (QED) is 0.940. The summed E-state index contributed by atoms with van der Waals surface area (Å²) in [6, 6.07) is 7.03. The molecule has 2 aromatic rings. The third kappa shape index (κ3) is 2.86. The number of piperidine rings is 1. The zero-order valence-corrected chi connectivity index (χ0v) is 12.6. The monoisotopic (exact) mass is 287 g/mol. The Morgan fingerprint density at radius 3 is 3.00 bits per heavy atom. The van der Waals surface area contributed by atoms with Crippen LogP contribution in [-0.4, -0.2) is 22.9 Å². The van der Waals surface area contributed by atoms with Gasteiger partial charge in [0.2, 0.25) is 0 Å². The molecule has 112 valence electrons. The Morgan fingerprint density at radius 1 is 1.38 bits per heavy atom. The van der Waals surface area contributed by atoms with E-state index in [2.05, 4.69) is 23.5 Å². The van der Waals surface area contributed by atoms with E-state index in [0.29, 0.717) is 11.8 Å². The molecule has 0 radical (unpaired) electrons. The summed E-state index contributed by atoms with van der Waals surface area (Å²) >= 11 is 0. The van der Waals surface area contributed by atoms with Gasteiger partial charge in [-0.1, -0.05) is 19.1 Å². The molecule has 0 bridgehead atoms. The van der Waals surface area contributed by atoms with Gasteiger partial charge in [-0.3, -0.25) is 4.68 Å². The normalized spacial score (nSPS) is 22.4. The van der Waals surface area contributed by atoms with Crippen molar-refractivity contribution < 1.29 is 4.39 Å². The lowest BCUT2D eigenvalue weighted by Gasteiger charge is -2.32. The predicted octanol–water partition coefficient (Wildman–Crippen LogP) is 2.98. The minimum Gasteiger partial charge on any atom is -0.316 e. The van der Waals surface area contributed by atoms with E-state index < -0.39 is 0 Å². The molecule has 1 N–H and O–H groups in total. The summed E-state index contributed by atoms with van der Waals surface area (Å²) in [5, 5.41) is 8.02. The Bertz CT molecular complexity index is 620. The van der Waals surface area contributed by atoms with Crippen LogP contribution in [0.15, 0.2) is 30.5 Å². The molecule has 2 unspecified atom stereocenters. The van der Waals surface area contributed by atoms with Crippen molar-refractivity contribution in [3.8, 4) is 0 Å². The van der Waals surface area contributed by atoms with Gasteiger partial charge in [-0.05, 0) is 48.6 Å². The summed E-state index contributed by atoms with van der Waals surface area (Å²) in [6.07, 6.45) is 4.15. The van der Waals surface area contributed by atoms with Gasteiger partial charge in [-0.2, -0.15) is 5.10 Å². The zero-order valence-electron chi connectivity index (χ0n) is 12.6. The van der Waals surface area contributed by atoms with Gasteiger partial charge < -0.3 is 5.32 Å². The maximum Gasteiger partial charge on any atom is 0.123 e. The standard InChI is InChI=1S/C17H22FN3/c1-3-17-16(11-21(2)20-17)14-7-8-19-10-15(14)12-5-4-6-13(18)9-12/h4-6,9,11,14-15,19H,3,7-8,10H2,1-2H3. The molecule has 1 aliphatic rings. The predicted molar refractivity (Wildman–Crippen MR) is 82.0 cm³/mol. The van der Waals surface area contributed by atoms with Gasteiger partial charge in [0.05, 0.1) is 5.69 Å². The Hall–Kier alpha value is -1.68. The van der Waals surface area contributed by atoms with E-state index in [1.807, 2.05) is 17.8 Å². The van der Waals surface area contributed by atoms with Gasteiger partial charge in [0.1, 0.15) is 5.82 Å². The Balaban J connectivity index is 1.98. The van der Waals surface area contributed by atoms with Gasteiger partial charge in [0.15, 0.2) is 0 Å². The first-order valence-corrected chi connectivity index (χ1v) is 7.67. The smallest absolute Gasteiger partial charge is 0.123 e. The van der Waals surface area contributed by atoms with Crippen LogP contribution in [0, 0.1) is 5.82 Å². The summed E-state index contributed by atoms with van der Waals surface area (Å²) in [4.78, 5) is 0. The van der Waals surface area contributed by atoms with E-state index in [-0.39, 0.29) is 5.82 Å². The molecular weight excluding hydrogens is 265 g/mol. The molecule has 0 saturated carbocycles. The molecule has 0 aliphatic carbocycles. The highest BCUT2D eigenvalue weighted by atomic mass is 19.1. The molecule has 3 rings (SSSR count). The fourth-order valence-electron chi connectivity index (χ4n) is 3.46. The van der Waals surface area contributed by atoms with Crippen LogP contribution >= 0.6 is 0 Å². The van der Waals surface area contributed by atoms with Crippen LogP contribution < -0.4 is 5.32 Å². The lowest BCUT2D eigenvalue weighted by Crippen LogP contribution is -2.34. The number of nitrogens with one attached hydrogen (secondary N) is 1. The molecule has 2 atom stereocenters. The fourth-order valence-corrected chi connectivity index (χ4v) is 3.46. The van der Waals surface area contributed by atoms with Crippen molar-refractivity contribution in [2.45, 2.75) is 31.6 Å². The second kappa shape index (κ2) is 5.98. The van der Waals surface area contributed by atoms with Crippen molar-refractivity contribution >= 4 is 0 Å². The summed E-state index contributed by atoms with van der Waals surface area (Å²) < 4.78 is 15.5. The maximum atomic E-state index is 13.6. The molecule has 1 fully saturated rings. The molecule has 1 aromatic heterocycles. The highest BCUT2D eigenvalue weighted by Gasteiger charge is 2.30. The number of rotatable bonds is 3. The van der Waals surface area contributed by atoms with E-state index in [1.165, 1.54) is 17.3 Å². The van der Waals surface area contributed by atoms with Crippen molar-refractivity contribution in [2.24, 2.45) is 7.05 Å². The SMILES string of the molecule is CCc1nn(C)cc1C1CCNCC1c1cccc(F)c1. The molecular formula is C17H22FN3. The molecule has 3 nitrogen and oxygen atoms in total. The summed E-state index contributed by atoms with van der Waals surface area (Å²) in [5.41, 5.74) is 3.58. The van der Waals surface area contributed by atoms with Gasteiger partial charge in [0, 0.05) is 25.7 Å². The summed E-state index contributed by atoms with van der Waals surface area (Å²) in [7, 11) is 1.97. The molecule has 1 aliphatic heterocycles. The summed E-state index contributed by atoms with van der Waals surface area (Å²) in [6.45, 7) is 4.05. The molecule has 0 amide bonds. The highest BCUT2D eigenvalue weighted by Crippen LogP contribution is 2.38. The molecule has 21 heavy (non-hydrogen) atoms. The summed E-state index contributed by atoms with van der Waals surface area (Å²) in [5.74, 6) is 0.569. The zero-order chi connectivity index (χ0) is 14.8. The number of hydrogen-bond acceptors (Lipinski definition) is 2. The van der Waals surface area contributed by atoms with Crippen LogP contribution in [0.1, 0.15) is 42.0 Å². The van der Waals surface area contributed by atoms with Gasteiger partial charge in [0.25, 0.3) is 0 Å².